The number of aryl methyl sites for hydroxylation is 1. The lowest BCUT2D eigenvalue weighted by atomic mass is 10.2. The zero-order valence-electron chi connectivity index (χ0n) is 15.3. The highest BCUT2D eigenvalue weighted by Gasteiger charge is 2.08. The molecule has 25 heavy (non-hydrogen) atoms. The molecule has 1 nitrogen and oxygen atoms in total. The molecule has 2 heterocycles. The Morgan fingerprint density at radius 1 is 0.800 bits per heavy atom. The van der Waals surface area contributed by atoms with Crippen molar-refractivity contribution >= 4 is 32.1 Å². The molecule has 0 unspecified atom stereocenters. The molecule has 0 saturated carbocycles. The fourth-order valence-electron chi connectivity index (χ4n) is 2.96. The van der Waals surface area contributed by atoms with Gasteiger partial charge < -0.3 is 4.74 Å². The maximum Gasteiger partial charge on any atom is 0.119 e. The number of hydrogen-bond donors (Lipinski definition) is 0. The number of benzene rings is 1. The number of rotatable bonds is 10. The molecule has 0 spiro atoms. The van der Waals surface area contributed by atoms with Crippen molar-refractivity contribution in [2.24, 2.45) is 0 Å². The van der Waals surface area contributed by atoms with Crippen molar-refractivity contribution in [2.45, 2.75) is 58.8 Å². The summed E-state index contributed by atoms with van der Waals surface area (Å²) in [7, 11) is 0. The van der Waals surface area contributed by atoms with Gasteiger partial charge in [0.2, 0.25) is 0 Å². The van der Waals surface area contributed by atoms with E-state index in [1.807, 2.05) is 22.7 Å². The van der Waals surface area contributed by atoms with Gasteiger partial charge in [-0.2, -0.15) is 0 Å². The number of unbranched alkanes of at least 4 members (excludes halogenated alkanes) is 4. The third-order valence-electron chi connectivity index (χ3n) is 4.44. The Labute approximate surface area is 159 Å². The van der Waals surface area contributed by atoms with Crippen LogP contribution < -0.4 is 4.74 Å². The molecule has 0 atom stereocenters. The van der Waals surface area contributed by atoms with Crippen LogP contribution >= 0.6 is 22.7 Å². The predicted octanol–water partition coefficient (Wildman–Crippen LogP) is 7.93. The molecule has 0 saturated heterocycles. The average Bonchev–Trinajstić information content (AvgIpc) is 3.18. The van der Waals surface area contributed by atoms with E-state index in [2.05, 4.69) is 50.2 Å². The summed E-state index contributed by atoms with van der Waals surface area (Å²) in [4.78, 5) is 2.90. The Kier molecular flexibility index (Phi) is 6.94. The van der Waals surface area contributed by atoms with E-state index in [0.29, 0.717) is 0 Å². The maximum absolute atomic E-state index is 5.81. The van der Waals surface area contributed by atoms with Crippen LogP contribution in [0.25, 0.3) is 19.8 Å². The topological polar surface area (TPSA) is 9.23 Å². The molecule has 3 rings (SSSR count). The van der Waals surface area contributed by atoms with Crippen molar-refractivity contribution in [3.63, 3.8) is 0 Å². The van der Waals surface area contributed by atoms with Crippen LogP contribution in [0.5, 0.6) is 5.75 Å². The molecule has 1 aromatic carbocycles. The summed E-state index contributed by atoms with van der Waals surface area (Å²) in [5, 5.41) is 0. The van der Waals surface area contributed by atoms with E-state index < -0.39 is 0 Å². The highest BCUT2D eigenvalue weighted by atomic mass is 32.1. The lowest BCUT2D eigenvalue weighted by molar-refractivity contribution is 0.306. The van der Waals surface area contributed by atoms with E-state index in [9.17, 15) is 0 Å². The van der Waals surface area contributed by atoms with Gasteiger partial charge in [-0.25, -0.2) is 0 Å². The van der Waals surface area contributed by atoms with Gasteiger partial charge in [-0.3, -0.25) is 0 Å². The van der Waals surface area contributed by atoms with Crippen molar-refractivity contribution in [3.05, 3.63) is 41.3 Å². The van der Waals surface area contributed by atoms with E-state index in [-0.39, 0.29) is 0 Å². The quantitative estimate of drug-likeness (QED) is 0.328. The van der Waals surface area contributed by atoms with Gasteiger partial charge in [-0.05, 0) is 61.2 Å². The molecule has 0 N–H and O–H groups in total. The van der Waals surface area contributed by atoms with Crippen LogP contribution in [0.2, 0.25) is 0 Å². The molecule has 0 bridgehead atoms. The van der Waals surface area contributed by atoms with Gasteiger partial charge >= 0.3 is 0 Å². The Morgan fingerprint density at radius 3 is 2.24 bits per heavy atom. The summed E-state index contributed by atoms with van der Waals surface area (Å²) in [6.45, 7) is 5.30. The van der Waals surface area contributed by atoms with Crippen molar-refractivity contribution in [1.29, 1.82) is 0 Å². The van der Waals surface area contributed by atoms with Gasteiger partial charge in [-0.1, -0.05) is 39.5 Å². The summed E-state index contributed by atoms with van der Waals surface area (Å²) in [5.74, 6) is 0.983. The lowest BCUT2D eigenvalue weighted by Crippen LogP contribution is -1.96. The molecule has 2 aromatic heterocycles. The molecule has 0 aliphatic rings. The summed E-state index contributed by atoms with van der Waals surface area (Å²) in [6.07, 6.45) is 8.80. The summed E-state index contributed by atoms with van der Waals surface area (Å²) < 4.78 is 8.68. The second kappa shape index (κ2) is 9.40. The molecule has 0 radical (unpaired) electrons. The third-order valence-corrected chi connectivity index (χ3v) is 6.84. The Hall–Kier alpha value is -1.32. The van der Waals surface area contributed by atoms with Gasteiger partial charge in [0, 0.05) is 19.2 Å². The van der Waals surface area contributed by atoms with Crippen molar-refractivity contribution in [2.75, 3.05) is 6.61 Å². The zero-order valence-corrected chi connectivity index (χ0v) is 17.0. The SMILES string of the molecule is CCCCCOc1ccc(-c2cc3sc(CCCCC)cc3s2)cc1. The number of thiophene rings is 2. The monoisotopic (exact) mass is 372 g/mol. The predicted molar refractivity (Wildman–Crippen MR) is 113 cm³/mol. The molecule has 3 heteroatoms. The Morgan fingerprint density at radius 2 is 1.52 bits per heavy atom. The number of ether oxygens (including phenoxy) is 1. The van der Waals surface area contributed by atoms with Crippen LogP contribution in [0.1, 0.15) is 57.2 Å². The first-order chi connectivity index (χ1) is 12.3. The fraction of sp³-hybridized carbons (Fsp3) is 0.455. The van der Waals surface area contributed by atoms with Gasteiger partial charge in [0.25, 0.3) is 0 Å². The molecule has 0 aliphatic carbocycles. The van der Waals surface area contributed by atoms with Gasteiger partial charge in [0.05, 0.1) is 6.61 Å². The van der Waals surface area contributed by atoms with Crippen molar-refractivity contribution in [1.82, 2.24) is 0 Å². The average molecular weight is 373 g/mol. The van der Waals surface area contributed by atoms with Gasteiger partial charge in [0.1, 0.15) is 5.75 Å². The Balaban J connectivity index is 1.62. The van der Waals surface area contributed by atoms with Crippen LogP contribution in [0.15, 0.2) is 36.4 Å². The minimum absolute atomic E-state index is 0.822. The van der Waals surface area contributed by atoms with E-state index in [1.165, 1.54) is 63.2 Å². The highest BCUT2D eigenvalue weighted by Crippen LogP contribution is 2.39. The first-order valence-electron chi connectivity index (χ1n) is 9.55. The number of hydrogen-bond acceptors (Lipinski definition) is 3. The second-order valence-corrected chi connectivity index (χ2v) is 8.84. The largest absolute Gasteiger partial charge is 0.494 e. The molecular formula is C22H28OS2. The van der Waals surface area contributed by atoms with Crippen LogP contribution in [0, 0.1) is 0 Å². The standard InChI is InChI=1S/C22H28OS2/c1-3-5-7-9-19-15-21-22(24-19)16-20(25-21)17-10-12-18(13-11-17)23-14-8-6-4-2/h10-13,15-16H,3-9,14H2,1-2H3. The Bertz CT molecular complexity index is 736. The minimum Gasteiger partial charge on any atom is -0.494 e. The van der Waals surface area contributed by atoms with Crippen LogP contribution in [0.4, 0.5) is 0 Å². The smallest absolute Gasteiger partial charge is 0.119 e. The molecule has 134 valence electrons. The molecule has 3 aromatic rings. The second-order valence-electron chi connectivity index (χ2n) is 6.59. The summed E-state index contributed by atoms with van der Waals surface area (Å²) in [5.41, 5.74) is 1.29. The van der Waals surface area contributed by atoms with Crippen LogP contribution in [-0.2, 0) is 6.42 Å². The van der Waals surface area contributed by atoms with Crippen molar-refractivity contribution < 1.29 is 4.74 Å². The summed E-state index contributed by atoms with van der Waals surface area (Å²) >= 11 is 3.88. The molecular weight excluding hydrogens is 344 g/mol. The summed E-state index contributed by atoms with van der Waals surface area (Å²) in [6, 6.07) is 13.3. The first kappa shape index (κ1) is 18.5. The minimum atomic E-state index is 0.822. The molecule has 0 fully saturated rings. The first-order valence-corrected chi connectivity index (χ1v) is 11.2. The van der Waals surface area contributed by atoms with E-state index in [4.69, 9.17) is 4.74 Å². The maximum atomic E-state index is 5.81. The van der Waals surface area contributed by atoms with Crippen LogP contribution in [0.3, 0.4) is 0 Å². The normalized spacial score (nSPS) is 11.3. The highest BCUT2D eigenvalue weighted by molar-refractivity contribution is 7.29. The molecule has 0 amide bonds. The fourth-order valence-corrected chi connectivity index (χ4v) is 5.43. The van der Waals surface area contributed by atoms with Crippen molar-refractivity contribution in [3.8, 4) is 16.2 Å². The van der Waals surface area contributed by atoms with E-state index in [1.54, 1.807) is 0 Å². The zero-order chi connectivity index (χ0) is 17.5. The third kappa shape index (κ3) is 5.08. The van der Waals surface area contributed by atoms with E-state index in [0.717, 1.165) is 18.8 Å². The van der Waals surface area contributed by atoms with Gasteiger partial charge in [-0.15, -0.1) is 22.7 Å². The van der Waals surface area contributed by atoms with E-state index >= 15 is 0 Å². The lowest BCUT2D eigenvalue weighted by Gasteiger charge is -2.06. The number of fused-ring (bicyclic) bond motifs is 1. The van der Waals surface area contributed by atoms with Crippen LogP contribution in [-0.4, -0.2) is 6.61 Å². The van der Waals surface area contributed by atoms with Gasteiger partial charge in [0.15, 0.2) is 0 Å². The molecule has 0 aliphatic heterocycles.